The fourth-order valence-corrected chi connectivity index (χ4v) is 2.87. The van der Waals surface area contributed by atoms with Gasteiger partial charge in [-0.05, 0) is 18.6 Å². The van der Waals surface area contributed by atoms with Crippen LogP contribution in [0.2, 0.25) is 0 Å². The molecule has 0 spiro atoms. The maximum absolute atomic E-state index is 11.8. The normalized spacial score (nSPS) is 13.4. The van der Waals surface area contributed by atoms with E-state index in [1.54, 1.807) is 25.1 Å². The number of benzene rings is 1. The molecule has 1 aromatic rings. The van der Waals surface area contributed by atoms with Crippen molar-refractivity contribution in [2.24, 2.45) is 0 Å². The third-order valence-corrected chi connectivity index (χ3v) is 4.31. The van der Waals surface area contributed by atoms with Crippen molar-refractivity contribution in [2.45, 2.75) is 23.5 Å². The van der Waals surface area contributed by atoms with E-state index in [-0.39, 0.29) is 11.3 Å². The standard InChI is InChI=1S/C10H12O4S/c1-2-9(10(11)12)15(13,14)8-6-4-3-5-7-8/h3-7,9H,2H2,1H3,(H,11,12)/t9-/m1/s1. The van der Waals surface area contributed by atoms with Crippen LogP contribution in [0.4, 0.5) is 0 Å². The van der Waals surface area contributed by atoms with E-state index in [0.29, 0.717) is 0 Å². The molecule has 0 aromatic heterocycles. The second kappa shape index (κ2) is 4.44. The molecule has 0 saturated carbocycles. The lowest BCUT2D eigenvalue weighted by molar-refractivity contribution is -0.136. The third-order valence-electron chi connectivity index (χ3n) is 2.09. The van der Waals surface area contributed by atoms with Gasteiger partial charge < -0.3 is 5.11 Å². The van der Waals surface area contributed by atoms with Crippen molar-refractivity contribution in [3.63, 3.8) is 0 Å². The predicted octanol–water partition coefficient (Wildman–Crippen LogP) is 1.32. The zero-order chi connectivity index (χ0) is 11.5. The average Bonchev–Trinajstić information content (AvgIpc) is 2.19. The lowest BCUT2D eigenvalue weighted by Gasteiger charge is -2.10. The summed E-state index contributed by atoms with van der Waals surface area (Å²) in [7, 11) is -3.75. The van der Waals surface area contributed by atoms with Crippen LogP contribution in [0, 0.1) is 0 Å². The third kappa shape index (κ3) is 2.36. The molecule has 0 radical (unpaired) electrons. The lowest BCUT2D eigenvalue weighted by atomic mass is 10.3. The molecule has 0 fully saturated rings. The first-order valence-electron chi connectivity index (χ1n) is 4.52. The van der Waals surface area contributed by atoms with Gasteiger partial charge in [-0.15, -0.1) is 0 Å². The number of carbonyl (C=O) groups is 1. The molecule has 0 saturated heterocycles. The van der Waals surface area contributed by atoms with Crippen LogP contribution in [0.5, 0.6) is 0 Å². The van der Waals surface area contributed by atoms with Gasteiger partial charge in [0.1, 0.15) is 0 Å². The zero-order valence-electron chi connectivity index (χ0n) is 8.25. The van der Waals surface area contributed by atoms with E-state index >= 15 is 0 Å². The first-order valence-corrected chi connectivity index (χ1v) is 6.06. The van der Waals surface area contributed by atoms with Gasteiger partial charge in [0, 0.05) is 0 Å². The number of aliphatic carboxylic acids is 1. The zero-order valence-corrected chi connectivity index (χ0v) is 9.07. The van der Waals surface area contributed by atoms with Gasteiger partial charge in [-0.25, -0.2) is 8.42 Å². The van der Waals surface area contributed by atoms with Crippen molar-refractivity contribution < 1.29 is 18.3 Å². The first kappa shape index (κ1) is 11.7. The highest BCUT2D eigenvalue weighted by Gasteiger charge is 2.31. The highest BCUT2D eigenvalue weighted by atomic mass is 32.2. The number of rotatable bonds is 4. The fraction of sp³-hybridized carbons (Fsp3) is 0.300. The Morgan fingerprint density at radius 1 is 1.33 bits per heavy atom. The molecule has 0 aliphatic heterocycles. The van der Waals surface area contributed by atoms with Crippen LogP contribution in [0.15, 0.2) is 35.2 Å². The Morgan fingerprint density at radius 2 is 1.87 bits per heavy atom. The molecule has 5 heteroatoms. The Kier molecular flexibility index (Phi) is 3.47. The second-order valence-electron chi connectivity index (χ2n) is 3.09. The van der Waals surface area contributed by atoms with Crippen LogP contribution >= 0.6 is 0 Å². The van der Waals surface area contributed by atoms with Gasteiger partial charge in [0.2, 0.25) is 0 Å². The maximum atomic E-state index is 11.8. The van der Waals surface area contributed by atoms with Crippen LogP contribution in [0.1, 0.15) is 13.3 Å². The van der Waals surface area contributed by atoms with Gasteiger partial charge in [0.15, 0.2) is 15.1 Å². The van der Waals surface area contributed by atoms with E-state index in [4.69, 9.17) is 5.11 Å². The molecule has 0 aliphatic carbocycles. The number of carboxylic acids is 1. The molecule has 82 valence electrons. The van der Waals surface area contributed by atoms with Crippen LogP contribution < -0.4 is 0 Å². The molecule has 0 bridgehead atoms. The van der Waals surface area contributed by atoms with Crippen molar-refractivity contribution >= 4 is 15.8 Å². The largest absolute Gasteiger partial charge is 0.480 e. The maximum Gasteiger partial charge on any atom is 0.322 e. The molecule has 0 aliphatic rings. The van der Waals surface area contributed by atoms with E-state index in [9.17, 15) is 13.2 Å². The predicted molar refractivity (Wildman–Crippen MR) is 55.3 cm³/mol. The van der Waals surface area contributed by atoms with Crippen molar-refractivity contribution in [1.29, 1.82) is 0 Å². The molecule has 1 atom stereocenters. The van der Waals surface area contributed by atoms with Gasteiger partial charge in [-0.3, -0.25) is 4.79 Å². The lowest BCUT2D eigenvalue weighted by Crippen LogP contribution is -2.29. The van der Waals surface area contributed by atoms with Crippen LogP contribution in [0.3, 0.4) is 0 Å². The van der Waals surface area contributed by atoms with Gasteiger partial charge in [0.25, 0.3) is 0 Å². The molecular weight excluding hydrogens is 216 g/mol. The van der Waals surface area contributed by atoms with Crippen LogP contribution in [-0.2, 0) is 14.6 Å². The first-order chi connectivity index (χ1) is 7.00. The van der Waals surface area contributed by atoms with Crippen LogP contribution in [0.25, 0.3) is 0 Å². The molecule has 4 nitrogen and oxygen atoms in total. The SMILES string of the molecule is CC[C@H](C(=O)O)S(=O)(=O)c1ccccc1. The molecule has 1 N–H and O–H groups in total. The Morgan fingerprint density at radius 3 is 2.27 bits per heavy atom. The van der Waals surface area contributed by atoms with Gasteiger partial charge in [0.05, 0.1) is 4.90 Å². The Bertz CT molecular complexity index is 436. The molecule has 0 unspecified atom stereocenters. The Balaban J connectivity index is 3.19. The quantitative estimate of drug-likeness (QED) is 0.843. The highest BCUT2D eigenvalue weighted by Crippen LogP contribution is 2.17. The van der Waals surface area contributed by atoms with Gasteiger partial charge in [-0.1, -0.05) is 25.1 Å². The summed E-state index contributed by atoms with van der Waals surface area (Å²) in [5.74, 6) is -1.30. The van der Waals surface area contributed by atoms with E-state index in [0.717, 1.165) is 0 Å². The summed E-state index contributed by atoms with van der Waals surface area (Å²) in [5.41, 5.74) is 0. The number of sulfone groups is 1. The van der Waals surface area contributed by atoms with E-state index < -0.39 is 21.1 Å². The van der Waals surface area contributed by atoms with Crippen molar-refractivity contribution in [1.82, 2.24) is 0 Å². The molecular formula is C10H12O4S. The average molecular weight is 228 g/mol. The minimum absolute atomic E-state index is 0.0549. The summed E-state index contributed by atoms with van der Waals surface area (Å²) >= 11 is 0. The molecule has 0 heterocycles. The molecule has 15 heavy (non-hydrogen) atoms. The molecule has 0 amide bonds. The number of hydrogen-bond donors (Lipinski definition) is 1. The Labute approximate surface area is 88.5 Å². The fourth-order valence-electron chi connectivity index (χ4n) is 1.30. The number of carboxylic acid groups (broad SMARTS) is 1. The smallest absolute Gasteiger partial charge is 0.322 e. The summed E-state index contributed by atoms with van der Waals surface area (Å²) in [6.07, 6.45) is 0.0621. The van der Waals surface area contributed by atoms with Crippen molar-refractivity contribution in [3.05, 3.63) is 30.3 Å². The van der Waals surface area contributed by atoms with Crippen LogP contribution in [-0.4, -0.2) is 24.7 Å². The van der Waals surface area contributed by atoms with Gasteiger partial charge in [-0.2, -0.15) is 0 Å². The summed E-state index contributed by atoms with van der Waals surface area (Å²) < 4.78 is 23.6. The molecule has 1 aromatic carbocycles. The summed E-state index contributed by atoms with van der Waals surface area (Å²) in [6, 6.07) is 7.63. The monoisotopic (exact) mass is 228 g/mol. The summed E-state index contributed by atoms with van der Waals surface area (Å²) in [4.78, 5) is 10.8. The minimum atomic E-state index is -3.75. The Hall–Kier alpha value is -1.36. The second-order valence-corrected chi connectivity index (χ2v) is 5.22. The van der Waals surface area contributed by atoms with E-state index in [1.165, 1.54) is 12.1 Å². The van der Waals surface area contributed by atoms with E-state index in [1.807, 2.05) is 0 Å². The summed E-state index contributed by atoms with van der Waals surface area (Å²) in [5, 5.41) is 7.43. The summed E-state index contributed by atoms with van der Waals surface area (Å²) in [6.45, 7) is 1.54. The molecule has 1 rings (SSSR count). The minimum Gasteiger partial charge on any atom is -0.480 e. The number of hydrogen-bond acceptors (Lipinski definition) is 3. The topological polar surface area (TPSA) is 71.4 Å². The van der Waals surface area contributed by atoms with Crippen molar-refractivity contribution in [3.8, 4) is 0 Å². The van der Waals surface area contributed by atoms with Crippen molar-refractivity contribution in [2.75, 3.05) is 0 Å². The van der Waals surface area contributed by atoms with Gasteiger partial charge >= 0.3 is 5.97 Å². The van der Waals surface area contributed by atoms with E-state index in [2.05, 4.69) is 0 Å². The highest BCUT2D eigenvalue weighted by molar-refractivity contribution is 7.92.